The highest BCUT2D eigenvalue weighted by molar-refractivity contribution is 6.31. The monoisotopic (exact) mass is 287 g/mol. The zero-order valence-corrected chi connectivity index (χ0v) is 11.7. The quantitative estimate of drug-likeness (QED) is 0.757. The van der Waals surface area contributed by atoms with Gasteiger partial charge in [-0.25, -0.2) is 4.39 Å². The Morgan fingerprint density at radius 3 is 2.89 bits per heavy atom. The molecule has 1 unspecified atom stereocenters. The molecule has 0 heterocycles. The minimum absolute atomic E-state index is 0.0545. The third-order valence-electron chi connectivity index (χ3n) is 2.91. The molecule has 0 saturated heterocycles. The molecular formula is C14H19ClFNO2. The van der Waals surface area contributed by atoms with E-state index in [1.54, 1.807) is 6.07 Å². The second-order valence-electron chi connectivity index (χ2n) is 4.66. The van der Waals surface area contributed by atoms with Crippen molar-refractivity contribution in [3.8, 4) is 0 Å². The van der Waals surface area contributed by atoms with Gasteiger partial charge in [0.25, 0.3) is 0 Å². The van der Waals surface area contributed by atoms with Gasteiger partial charge in [0.1, 0.15) is 5.82 Å². The van der Waals surface area contributed by atoms with Gasteiger partial charge in [-0.05, 0) is 30.9 Å². The number of carbonyl (C=O) groups excluding carboxylic acids is 1. The number of rotatable bonds is 7. The van der Waals surface area contributed by atoms with Gasteiger partial charge in [0.05, 0.1) is 6.42 Å². The number of hydrogen-bond donors (Lipinski definition) is 2. The largest absolute Gasteiger partial charge is 0.396 e. The van der Waals surface area contributed by atoms with Crippen LogP contribution in [-0.2, 0) is 11.2 Å². The number of halogens is 2. The molecule has 0 spiro atoms. The highest BCUT2D eigenvalue weighted by atomic mass is 35.5. The molecule has 1 atom stereocenters. The van der Waals surface area contributed by atoms with Crippen LogP contribution in [0.4, 0.5) is 4.39 Å². The lowest BCUT2D eigenvalue weighted by atomic mass is 10.1. The Hall–Kier alpha value is -1.13. The summed E-state index contributed by atoms with van der Waals surface area (Å²) in [6.07, 6.45) is 1.58. The molecule has 0 radical (unpaired) electrons. The molecule has 0 fully saturated rings. The van der Waals surface area contributed by atoms with Gasteiger partial charge in [0, 0.05) is 23.7 Å². The number of nitrogens with one attached hydrogen (secondary N) is 1. The average molecular weight is 288 g/mol. The van der Waals surface area contributed by atoms with Crippen molar-refractivity contribution in [1.29, 1.82) is 0 Å². The molecule has 1 aromatic rings. The highest BCUT2D eigenvalue weighted by Crippen LogP contribution is 2.19. The van der Waals surface area contributed by atoms with E-state index in [0.717, 1.165) is 12.8 Å². The zero-order chi connectivity index (χ0) is 14.3. The maximum atomic E-state index is 13.5. The first kappa shape index (κ1) is 15.9. The van der Waals surface area contributed by atoms with E-state index < -0.39 is 5.82 Å². The van der Waals surface area contributed by atoms with Crippen LogP contribution in [0.5, 0.6) is 0 Å². The lowest BCUT2D eigenvalue weighted by molar-refractivity contribution is -0.120. The van der Waals surface area contributed by atoms with Gasteiger partial charge in [0.2, 0.25) is 5.91 Å². The van der Waals surface area contributed by atoms with Crippen LogP contribution in [0.25, 0.3) is 0 Å². The summed E-state index contributed by atoms with van der Waals surface area (Å²) in [4.78, 5) is 11.6. The molecule has 1 aromatic carbocycles. The third-order valence-corrected chi connectivity index (χ3v) is 3.26. The fourth-order valence-corrected chi connectivity index (χ4v) is 1.92. The third kappa shape index (κ3) is 5.57. The van der Waals surface area contributed by atoms with E-state index in [1.165, 1.54) is 12.1 Å². The van der Waals surface area contributed by atoms with Gasteiger partial charge >= 0.3 is 0 Å². The molecule has 0 aliphatic heterocycles. The zero-order valence-electron chi connectivity index (χ0n) is 11.0. The van der Waals surface area contributed by atoms with E-state index in [-0.39, 0.29) is 35.4 Å². The molecule has 2 N–H and O–H groups in total. The molecule has 1 amide bonds. The van der Waals surface area contributed by atoms with Gasteiger partial charge in [-0.3, -0.25) is 4.79 Å². The van der Waals surface area contributed by atoms with E-state index in [9.17, 15) is 9.18 Å². The predicted octanol–water partition coefficient (Wildman–Crippen LogP) is 2.55. The molecule has 0 aliphatic rings. The topological polar surface area (TPSA) is 49.3 Å². The normalized spacial score (nSPS) is 12.2. The van der Waals surface area contributed by atoms with Crippen molar-refractivity contribution in [1.82, 2.24) is 5.32 Å². The first-order valence-electron chi connectivity index (χ1n) is 6.35. The molecule has 0 aliphatic carbocycles. The van der Waals surface area contributed by atoms with Crippen molar-refractivity contribution in [3.63, 3.8) is 0 Å². The summed E-state index contributed by atoms with van der Waals surface area (Å²) < 4.78 is 13.5. The van der Waals surface area contributed by atoms with Gasteiger partial charge in [-0.1, -0.05) is 24.6 Å². The summed E-state index contributed by atoms with van der Waals surface area (Å²) in [5.41, 5.74) is 0.227. The number of aliphatic hydroxyl groups is 1. The Morgan fingerprint density at radius 1 is 1.53 bits per heavy atom. The Morgan fingerprint density at radius 2 is 2.26 bits per heavy atom. The Kier molecular flexibility index (Phi) is 6.81. The molecule has 1 rings (SSSR count). The van der Waals surface area contributed by atoms with Crippen LogP contribution in [0.2, 0.25) is 5.02 Å². The summed E-state index contributed by atoms with van der Waals surface area (Å²) >= 11 is 5.85. The van der Waals surface area contributed by atoms with Crippen LogP contribution < -0.4 is 5.32 Å². The summed E-state index contributed by atoms with van der Waals surface area (Å²) in [6.45, 7) is 2.62. The lowest BCUT2D eigenvalue weighted by Gasteiger charge is -2.09. The summed E-state index contributed by atoms with van der Waals surface area (Å²) in [6, 6.07) is 4.36. The van der Waals surface area contributed by atoms with Gasteiger partial charge < -0.3 is 10.4 Å². The minimum atomic E-state index is -0.462. The molecule has 0 bridgehead atoms. The fraction of sp³-hybridized carbons (Fsp3) is 0.500. The number of aliphatic hydroxyl groups excluding tert-OH is 1. The number of hydrogen-bond acceptors (Lipinski definition) is 2. The fourth-order valence-electron chi connectivity index (χ4n) is 1.69. The Labute approximate surface area is 117 Å². The van der Waals surface area contributed by atoms with Gasteiger partial charge in [-0.2, -0.15) is 0 Å². The van der Waals surface area contributed by atoms with E-state index in [1.807, 2.05) is 6.92 Å². The van der Waals surface area contributed by atoms with Crippen LogP contribution in [0.15, 0.2) is 18.2 Å². The van der Waals surface area contributed by atoms with Crippen molar-refractivity contribution in [2.45, 2.75) is 26.2 Å². The lowest BCUT2D eigenvalue weighted by Crippen LogP contribution is -2.27. The van der Waals surface area contributed by atoms with E-state index >= 15 is 0 Å². The summed E-state index contributed by atoms with van der Waals surface area (Å²) in [5, 5.41) is 11.8. The van der Waals surface area contributed by atoms with Crippen LogP contribution in [0.3, 0.4) is 0 Å². The van der Waals surface area contributed by atoms with Crippen molar-refractivity contribution in [2.75, 3.05) is 13.2 Å². The number of carbonyl (C=O) groups is 1. The minimum Gasteiger partial charge on any atom is -0.396 e. The van der Waals surface area contributed by atoms with Crippen LogP contribution in [0, 0.1) is 11.7 Å². The SMILES string of the molecule is CC(CO)CCCNC(=O)Cc1c(F)cccc1Cl. The van der Waals surface area contributed by atoms with Crippen molar-refractivity contribution in [2.24, 2.45) is 5.92 Å². The van der Waals surface area contributed by atoms with Gasteiger partial charge in [0.15, 0.2) is 0 Å². The van der Waals surface area contributed by atoms with Crippen LogP contribution in [-0.4, -0.2) is 24.2 Å². The van der Waals surface area contributed by atoms with Crippen LogP contribution in [0.1, 0.15) is 25.3 Å². The second-order valence-corrected chi connectivity index (χ2v) is 5.06. The molecule has 19 heavy (non-hydrogen) atoms. The van der Waals surface area contributed by atoms with Crippen LogP contribution >= 0.6 is 11.6 Å². The maximum Gasteiger partial charge on any atom is 0.224 e. The highest BCUT2D eigenvalue weighted by Gasteiger charge is 2.11. The smallest absolute Gasteiger partial charge is 0.224 e. The van der Waals surface area contributed by atoms with E-state index in [2.05, 4.69) is 5.32 Å². The summed E-state index contributed by atoms with van der Waals surface area (Å²) in [5.74, 6) is -0.474. The molecule has 0 aromatic heterocycles. The first-order valence-corrected chi connectivity index (χ1v) is 6.72. The molecule has 5 heteroatoms. The molecule has 3 nitrogen and oxygen atoms in total. The number of amides is 1. The predicted molar refractivity (Wildman–Crippen MR) is 73.6 cm³/mol. The number of benzene rings is 1. The Bertz CT molecular complexity index is 406. The molecule has 106 valence electrons. The average Bonchev–Trinajstić information content (AvgIpc) is 2.39. The van der Waals surface area contributed by atoms with Gasteiger partial charge in [-0.15, -0.1) is 0 Å². The summed E-state index contributed by atoms with van der Waals surface area (Å²) in [7, 11) is 0. The van der Waals surface area contributed by atoms with Crippen molar-refractivity contribution in [3.05, 3.63) is 34.6 Å². The Balaban J connectivity index is 2.35. The maximum absolute atomic E-state index is 13.5. The molecular weight excluding hydrogens is 269 g/mol. The van der Waals surface area contributed by atoms with E-state index in [0.29, 0.717) is 6.54 Å². The standard InChI is InChI=1S/C14H19ClFNO2/c1-10(9-18)4-3-7-17-14(19)8-11-12(15)5-2-6-13(11)16/h2,5-6,10,18H,3-4,7-9H2,1H3,(H,17,19). The molecule has 0 saturated carbocycles. The first-order chi connectivity index (χ1) is 9.04. The second kappa shape index (κ2) is 8.12. The van der Waals surface area contributed by atoms with E-state index in [4.69, 9.17) is 16.7 Å². The van der Waals surface area contributed by atoms with Crippen molar-refractivity contribution >= 4 is 17.5 Å². The van der Waals surface area contributed by atoms with Crippen molar-refractivity contribution < 1.29 is 14.3 Å².